The Morgan fingerprint density at radius 1 is 1.06 bits per heavy atom. The summed E-state index contributed by atoms with van der Waals surface area (Å²) in [6, 6.07) is 16.5. The molecule has 1 saturated heterocycles. The molecule has 2 aliphatic rings. The van der Waals surface area contributed by atoms with Gasteiger partial charge in [-0.2, -0.15) is 5.10 Å². The van der Waals surface area contributed by atoms with Gasteiger partial charge in [0.2, 0.25) is 5.89 Å². The molecule has 1 N–H and O–H groups in total. The van der Waals surface area contributed by atoms with Crippen molar-refractivity contribution < 1.29 is 17.6 Å². The average Bonchev–Trinajstić information content (AvgIpc) is 3.24. The summed E-state index contributed by atoms with van der Waals surface area (Å²) in [5, 5.41) is 7.41. The van der Waals surface area contributed by atoms with Crippen molar-refractivity contribution in [2.24, 2.45) is 0 Å². The van der Waals surface area contributed by atoms with E-state index < -0.39 is 9.84 Å². The van der Waals surface area contributed by atoms with Crippen LogP contribution in [0.3, 0.4) is 0 Å². The van der Waals surface area contributed by atoms with Gasteiger partial charge in [0.25, 0.3) is 5.91 Å². The van der Waals surface area contributed by atoms with Gasteiger partial charge in [0.1, 0.15) is 5.52 Å². The Balaban J connectivity index is 1.21. The first-order chi connectivity index (χ1) is 15.9. The lowest BCUT2D eigenvalue weighted by Crippen LogP contribution is -2.17. The molecule has 0 bridgehead atoms. The Morgan fingerprint density at radius 3 is 2.55 bits per heavy atom. The highest BCUT2D eigenvalue weighted by Gasteiger charge is 2.36. The SMILES string of the molecule is O=C(Nc1ccc(-c2nc3ccccc3o2)cc1)c1cc(C2CC2)n(C2CCS(=O)(=O)C2)n1. The van der Waals surface area contributed by atoms with Crippen LogP contribution in [0, 0.1) is 0 Å². The Bertz CT molecular complexity index is 1430. The zero-order chi connectivity index (χ0) is 22.6. The van der Waals surface area contributed by atoms with Gasteiger partial charge in [-0.25, -0.2) is 13.4 Å². The van der Waals surface area contributed by atoms with Crippen LogP contribution in [0.4, 0.5) is 5.69 Å². The van der Waals surface area contributed by atoms with Crippen molar-refractivity contribution in [2.45, 2.75) is 31.2 Å². The molecule has 0 radical (unpaired) electrons. The van der Waals surface area contributed by atoms with Gasteiger partial charge in [0.15, 0.2) is 21.1 Å². The van der Waals surface area contributed by atoms with Gasteiger partial charge in [0, 0.05) is 22.9 Å². The summed E-state index contributed by atoms with van der Waals surface area (Å²) in [5.74, 6) is 0.833. The highest BCUT2D eigenvalue weighted by Crippen LogP contribution is 2.42. The highest BCUT2D eigenvalue weighted by molar-refractivity contribution is 7.91. The standard InChI is InChI=1S/C24H22N4O4S/c29-23(20-13-21(15-5-6-15)28(27-20)18-11-12-33(30,31)14-18)25-17-9-7-16(8-10-17)24-26-19-3-1-2-4-22(19)32-24/h1-4,7-10,13,15,18H,5-6,11-12,14H2,(H,25,29). The Kier molecular flexibility index (Phi) is 4.62. The van der Waals surface area contributed by atoms with Crippen LogP contribution >= 0.6 is 0 Å². The molecule has 2 aromatic heterocycles. The number of carbonyl (C=O) groups is 1. The normalized spacial score (nSPS) is 19.7. The third-order valence-corrected chi connectivity index (χ3v) is 7.98. The number of anilines is 1. The number of fused-ring (bicyclic) bond motifs is 1. The quantitative estimate of drug-likeness (QED) is 0.477. The van der Waals surface area contributed by atoms with Crippen LogP contribution in [-0.4, -0.2) is 40.6 Å². The summed E-state index contributed by atoms with van der Waals surface area (Å²) in [5.41, 5.74) is 4.24. The maximum absolute atomic E-state index is 12.9. The molecule has 2 aromatic carbocycles. The molecule has 1 aliphatic carbocycles. The summed E-state index contributed by atoms with van der Waals surface area (Å²) < 4.78 is 31.5. The van der Waals surface area contributed by atoms with E-state index in [1.807, 2.05) is 42.5 Å². The fourth-order valence-electron chi connectivity index (χ4n) is 4.35. The lowest BCUT2D eigenvalue weighted by molar-refractivity contribution is 0.102. The molecule has 1 aliphatic heterocycles. The van der Waals surface area contributed by atoms with Crippen LogP contribution in [0.1, 0.15) is 47.4 Å². The molecule has 2 fully saturated rings. The van der Waals surface area contributed by atoms with Gasteiger partial charge < -0.3 is 9.73 Å². The molecule has 1 amide bonds. The van der Waals surface area contributed by atoms with E-state index in [0.29, 0.717) is 29.6 Å². The number of nitrogens with zero attached hydrogens (tertiary/aromatic N) is 3. The van der Waals surface area contributed by atoms with E-state index >= 15 is 0 Å². The Labute approximate surface area is 190 Å². The summed E-state index contributed by atoms with van der Waals surface area (Å²) in [4.78, 5) is 17.4. The van der Waals surface area contributed by atoms with E-state index in [2.05, 4.69) is 15.4 Å². The van der Waals surface area contributed by atoms with Gasteiger partial charge in [0.05, 0.1) is 17.5 Å². The number of rotatable bonds is 5. The smallest absolute Gasteiger partial charge is 0.276 e. The van der Waals surface area contributed by atoms with Crippen molar-refractivity contribution in [3.05, 3.63) is 66.0 Å². The molecule has 3 heterocycles. The molecule has 9 heteroatoms. The lowest BCUT2D eigenvalue weighted by Gasteiger charge is -2.12. The highest BCUT2D eigenvalue weighted by atomic mass is 32.2. The molecule has 0 spiro atoms. The van der Waals surface area contributed by atoms with Gasteiger partial charge in [-0.3, -0.25) is 9.48 Å². The first-order valence-corrected chi connectivity index (χ1v) is 12.8. The van der Waals surface area contributed by atoms with E-state index in [1.165, 1.54) is 0 Å². The Hall–Kier alpha value is -3.46. The second-order valence-corrected chi connectivity index (χ2v) is 11.0. The maximum atomic E-state index is 12.9. The van der Waals surface area contributed by atoms with E-state index in [4.69, 9.17) is 4.42 Å². The molecule has 6 rings (SSSR count). The molecule has 168 valence electrons. The zero-order valence-electron chi connectivity index (χ0n) is 17.8. The van der Waals surface area contributed by atoms with Crippen LogP contribution in [0.2, 0.25) is 0 Å². The first kappa shape index (κ1) is 20.2. The monoisotopic (exact) mass is 462 g/mol. The molecule has 1 atom stereocenters. The number of amides is 1. The number of oxazole rings is 1. The van der Waals surface area contributed by atoms with E-state index in [9.17, 15) is 13.2 Å². The molecule has 1 saturated carbocycles. The van der Waals surface area contributed by atoms with Crippen LogP contribution in [0.15, 0.2) is 59.0 Å². The number of sulfone groups is 1. The predicted octanol–water partition coefficient (Wildman–Crippen LogP) is 4.18. The molecule has 1 unspecified atom stereocenters. The zero-order valence-corrected chi connectivity index (χ0v) is 18.6. The third-order valence-electron chi connectivity index (χ3n) is 6.23. The van der Waals surface area contributed by atoms with E-state index in [0.717, 1.165) is 35.2 Å². The number of nitrogens with one attached hydrogen (secondary N) is 1. The summed E-state index contributed by atoms with van der Waals surface area (Å²) in [6.45, 7) is 0. The third kappa shape index (κ3) is 3.93. The molecule has 8 nitrogen and oxygen atoms in total. The van der Waals surface area contributed by atoms with Crippen molar-refractivity contribution in [1.82, 2.24) is 14.8 Å². The van der Waals surface area contributed by atoms with Crippen LogP contribution in [-0.2, 0) is 9.84 Å². The number of carbonyl (C=O) groups excluding carboxylic acids is 1. The minimum absolute atomic E-state index is 0.0900. The van der Waals surface area contributed by atoms with Crippen molar-refractivity contribution >= 4 is 32.5 Å². The lowest BCUT2D eigenvalue weighted by atomic mass is 10.2. The van der Waals surface area contributed by atoms with Gasteiger partial charge >= 0.3 is 0 Å². The summed E-state index contributed by atoms with van der Waals surface area (Å²) in [7, 11) is -3.04. The fourth-order valence-corrected chi connectivity index (χ4v) is 6.04. The second kappa shape index (κ2) is 7.55. The number of hydrogen-bond donors (Lipinski definition) is 1. The van der Waals surface area contributed by atoms with Crippen molar-refractivity contribution in [3.63, 3.8) is 0 Å². The molecule has 4 aromatic rings. The van der Waals surface area contributed by atoms with Crippen molar-refractivity contribution in [1.29, 1.82) is 0 Å². The van der Waals surface area contributed by atoms with E-state index in [1.54, 1.807) is 16.8 Å². The van der Waals surface area contributed by atoms with Gasteiger partial charge in [-0.1, -0.05) is 12.1 Å². The summed E-state index contributed by atoms with van der Waals surface area (Å²) in [6.07, 6.45) is 2.63. The Morgan fingerprint density at radius 2 is 1.85 bits per heavy atom. The van der Waals surface area contributed by atoms with Crippen LogP contribution in [0.25, 0.3) is 22.6 Å². The first-order valence-electron chi connectivity index (χ1n) is 11.0. The molecular formula is C24H22N4O4S. The predicted molar refractivity (Wildman–Crippen MR) is 124 cm³/mol. The molecule has 33 heavy (non-hydrogen) atoms. The van der Waals surface area contributed by atoms with E-state index in [-0.39, 0.29) is 23.5 Å². The number of benzene rings is 2. The van der Waals surface area contributed by atoms with Crippen molar-refractivity contribution in [3.8, 4) is 11.5 Å². The fraction of sp³-hybridized carbons (Fsp3) is 0.292. The maximum Gasteiger partial charge on any atom is 0.276 e. The van der Waals surface area contributed by atoms with Crippen molar-refractivity contribution in [2.75, 3.05) is 16.8 Å². The second-order valence-electron chi connectivity index (χ2n) is 8.75. The van der Waals surface area contributed by atoms with Gasteiger partial charge in [-0.05, 0) is 61.7 Å². The van der Waals surface area contributed by atoms with Crippen LogP contribution in [0.5, 0.6) is 0 Å². The minimum Gasteiger partial charge on any atom is -0.436 e. The average molecular weight is 463 g/mol. The number of hydrogen-bond acceptors (Lipinski definition) is 6. The largest absolute Gasteiger partial charge is 0.436 e. The summed E-state index contributed by atoms with van der Waals surface area (Å²) >= 11 is 0. The minimum atomic E-state index is -3.04. The number of aromatic nitrogens is 3. The van der Waals surface area contributed by atoms with Gasteiger partial charge in [-0.15, -0.1) is 0 Å². The van der Waals surface area contributed by atoms with Crippen LogP contribution < -0.4 is 5.32 Å². The molecular weight excluding hydrogens is 440 g/mol. The number of para-hydroxylation sites is 2. The topological polar surface area (TPSA) is 107 Å².